The first-order chi connectivity index (χ1) is 14.7. The number of likely N-dealkylation sites (tertiary alicyclic amines) is 1. The summed E-state index contributed by atoms with van der Waals surface area (Å²) in [5.41, 5.74) is 0.518. The molecule has 176 valence electrons. The van der Waals surface area contributed by atoms with Gasteiger partial charge in [0, 0.05) is 25.7 Å². The molecule has 0 bridgehead atoms. The standard InChI is InChI=1S/C23H40N4O4/c1-6-7-8-9-12-25-22(30)19-11-10-13-27(19)23(31)18(4)14-20(17(2)3)26(5)21(29)15-24-16-28/h14,16-17,19-20H,6-13,15H2,1-5H3,(H,24,28)(H,25,30)/b18-14+/t19-,20+/m0/s1. The number of hydrogen-bond donors (Lipinski definition) is 2. The zero-order chi connectivity index (χ0) is 23.4. The first-order valence-electron chi connectivity index (χ1n) is 11.4. The Bertz CT molecular complexity index is 647. The van der Waals surface area contributed by atoms with Gasteiger partial charge in [-0.1, -0.05) is 46.1 Å². The van der Waals surface area contributed by atoms with E-state index in [0.717, 1.165) is 32.1 Å². The van der Waals surface area contributed by atoms with E-state index in [0.29, 0.717) is 31.5 Å². The zero-order valence-electron chi connectivity index (χ0n) is 19.8. The Balaban J connectivity index is 2.80. The predicted molar refractivity (Wildman–Crippen MR) is 121 cm³/mol. The highest BCUT2D eigenvalue weighted by Crippen LogP contribution is 2.21. The third-order valence-electron chi connectivity index (χ3n) is 5.76. The number of likely N-dealkylation sites (N-methyl/N-ethyl adjacent to an activating group) is 1. The Kier molecular flexibility index (Phi) is 11.9. The lowest BCUT2D eigenvalue weighted by Gasteiger charge is -2.30. The summed E-state index contributed by atoms with van der Waals surface area (Å²) < 4.78 is 0. The molecule has 0 unspecified atom stereocenters. The van der Waals surface area contributed by atoms with Crippen molar-refractivity contribution in [2.75, 3.05) is 26.7 Å². The number of hydrogen-bond acceptors (Lipinski definition) is 4. The molecule has 8 heteroatoms. The molecular weight excluding hydrogens is 396 g/mol. The summed E-state index contributed by atoms with van der Waals surface area (Å²) in [4.78, 5) is 51.7. The van der Waals surface area contributed by atoms with Crippen molar-refractivity contribution < 1.29 is 19.2 Å². The molecule has 0 aromatic heterocycles. The van der Waals surface area contributed by atoms with E-state index in [-0.39, 0.29) is 36.2 Å². The number of nitrogens with one attached hydrogen (secondary N) is 2. The fourth-order valence-electron chi connectivity index (χ4n) is 3.89. The molecule has 1 saturated heterocycles. The summed E-state index contributed by atoms with van der Waals surface area (Å²) in [6.45, 7) is 8.94. The Morgan fingerprint density at radius 2 is 1.90 bits per heavy atom. The van der Waals surface area contributed by atoms with E-state index in [4.69, 9.17) is 0 Å². The molecule has 1 rings (SSSR count). The Morgan fingerprint density at radius 3 is 2.52 bits per heavy atom. The van der Waals surface area contributed by atoms with Crippen molar-refractivity contribution in [2.45, 2.75) is 78.3 Å². The number of nitrogens with zero attached hydrogens (tertiary/aromatic N) is 2. The van der Waals surface area contributed by atoms with E-state index in [1.165, 1.54) is 0 Å². The Hall–Kier alpha value is -2.38. The zero-order valence-corrected chi connectivity index (χ0v) is 19.8. The van der Waals surface area contributed by atoms with Crippen LogP contribution >= 0.6 is 0 Å². The van der Waals surface area contributed by atoms with Crippen LogP contribution in [0.2, 0.25) is 0 Å². The molecular formula is C23H40N4O4. The summed E-state index contributed by atoms with van der Waals surface area (Å²) in [5, 5.41) is 5.36. The predicted octanol–water partition coefficient (Wildman–Crippen LogP) is 1.85. The van der Waals surface area contributed by atoms with Crippen molar-refractivity contribution in [3.8, 4) is 0 Å². The minimum absolute atomic E-state index is 0.0775. The van der Waals surface area contributed by atoms with Crippen LogP contribution in [0.15, 0.2) is 11.6 Å². The van der Waals surface area contributed by atoms with Crippen LogP contribution in [0.5, 0.6) is 0 Å². The smallest absolute Gasteiger partial charge is 0.249 e. The second kappa shape index (κ2) is 13.8. The third-order valence-corrected chi connectivity index (χ3v) is 5.76. The van der Waals surface area contributed by atoms with Crippen LogP contribution in [0, 0.1) is 5.92 Å². The van der Waals surface area contributed by atoms with Crippen molar-refractivity contribution in [1.29, 1.82) is 0 Å². The fraction of sp³-hybridized carbons (Fsp3) is 0.739. The molecule has 0 spiro atoms. The van der Waals surface area contributed by atoms with Crippen LogP contribution in [0.25, 0.3) is 0 Å². The molecule has 0 aromatic rings. The van der Waals surface area contributed by atoms with E-state index in [9.17, 15) is 19.2 Å². The van der Waals surface area contributed by atoms with E-state index < -0.39 is 6.04 Å². The maximum Gasteiger partial charge on any atom is 0.249 e. The first-order valence-corrected chi connectivity index (χ1v) is 11.4. The molecule has 0 aromatic carbocycles. The lowest BCUT2D eigenvalue weighted by molar-refractivity contribution is -0.135. The van der Waals surface area contributed by atoms with Crippen LogP contribution in [-0.4, -0.2) is 72.7 Å². The highest BCUT2D eigenvalue weighted by atomic mass is 16.2. The van der Waals surface area contributed by atoms with Crippen LogP contribution < -0.4 is 10.6 Å². The maximum atomic E-state index is 13.1. The molecule has 1 heterocycles. The SMILES string of the molecule is CCCCCCNC(=O)[C@@H]1CCCN1C(=O)/C(C)=C/[C@H](C(C)C)N(C)C(=O)CNC=O. The molecule has 1 fully saturated rings. The van der Waals surface area contributed by atoms with Crippen molar-refractivity contribution in [2.24, 2.45) is 5.92 Å². The summed E-state index contributed by atoms with van der Waals surface area (Å²) in [6.07, 6.45) is 8.11. The average Bonchev–Trinajstić information content (AvgIpc) is 3.24. The molecule has 2 atom stereocenters. The molecule has 1 aliphatic heterocycles. The molecule has 0 aliphatic carbocycles. The van der Waals surface area contributed by atoms with Gasteiger partial charge in [-0.3, -0.25) is 19.2 Å². The van der Waals surface area contributed by atoms with Crippen LogP contribution in [0.1, 0.15) is 66.2 Å². The second-order valence-electron chi connectivity index (χ2n) is 8.60. The van der Waals surface area contributed by atoms with Gasteiger partial charge in [0.05, 0.1) is 12.6 Å². The summed E-state index contributed by atoms with van der Waals surface area (Å²) in [5.74, 6) is -0.401. The Morgan fingerprint density at radius 1 is 1.19 bits per heavy atom. The van der Waals surface area contributed by atoms with Gasteiger partial charge in [-0.05, 0) is 32.1 Å². The lowest BCUT2D eigenvalue weighted by Crippen LogP contribution is -2.47. The highest BCUT2D eigenvalue weighted by Gasteiger charge is 2.34. The third kappa shape index (κ3) is 8.34. The van der Waals surface area contributed by atoms with Gasteiger partial charge in [-0.25, -0.2) is 0 Å². The number of carbonyl (C=O) groups is 4. The lowest BCUT2D eigenvalue weighted by atomic mass is 9.99. The van der Waals surface area contributed by atoms with Crippen molar-refractivity contribution in [3.63, 3.8) is 0 Å². The topological polar surface area (TPSA) is 98.8 Å². The number of carbonyl (C=O) groups excluding carboxylic acids is 4. The van der Waals surface area contributed by atoms with Gasteiger partial charge in [0.25, 0.3) is 0 Å². The van der Waals surface area contributed by atoms with E-state index in [2.05, 4.69) is 17.6 Å². The minimum atomic E-state index is -0.435. The molecule has 0 saturated carbocycles. The van der Waals surface area contributed by atoms with Crippen LogP contribution in [0.3, 0.4) is 0 Å². The van der Waals surface area contributed by atoms with Gasteiger partial charge >= 0.3 is 0 Å². The van der Waals surface area contributed by atoms with Crippen molar-refractivity contribution in [3.05, 3.63) is 11.6 Å². The number of amides is 4. The van der Waals surface area contributed by atoms with Gasteiger partial charge in [-0.15, -0.1) is 0 Å². The van der Waals surface area contributed by atoms with Crippen LogP contribution in [0.4, 0.5) is 0 Å². The summed E-state index contributed by atoms with van der Waals surface area (Å²) in [7, 11) is 1.67. The molecule has 8 nitrogen and oxygen atoms in total. The quantitative estimate of drug-likeness (QED) is 0.261. The van der Waals surface area contributed by atoms with Gasteiger partial charge in [0.2, 0.25) is 24.1 Å². The molecule has 31 heavy (non-hydrogen) atoms. The fourth-order valence-corrected chi connectivity index (χ4v) is 3.89. The molecule has 0 radical (unpaired) electrons. The maximum absolute atomic E-state index is 13.1. The molecule has 2 N–H and O–H groups in total. The minimum Gasteiger partial charge on any atom is -0.354 e. The van der Waals surface area contributed by atoms with Crippen molar-refractivity contribution >= 4 is 24.1 Å². The summed E-state index contributed by atoms with van der Waals surface area (Å²) in [6, 6.07) is -0.728. The number of rotatable bonds is 13. The van der Waals surface area contributed by atoms with E-state index >= 15 is 0 Å². The van der Waals surface area contributed by atoms with Gasteiger partial charge in [-0.2, -0.15) is 0 Å². The molecule has 1 aliphatic rings. The highest BCUT2D eigenvalue weighted by molar-refractivity contribution is 5.97. The molecule has 4 amide bonds. The van der Waals surface area contributed by atoms with Crippen LogP contribution in [-0.2, 0) is 19.2 Å². The second-order valence-corrected chi connectivity index (χ2v) is 8.60. The largest absolute Gasteiger partial charge is 0.354 e. The normalized spacial score (nSPS) is 17.4. The average molecular weight is 437 g/mol. The van der Waals surface area contributed by atoms with Gasteiger partial charge in [0.1, 0.15) is 6.04 Å². The van der Waals surface area contributed by atoms with Gasteiger partial charge in [0.15, 0.2) is 0 Å². The van der Waals surface area contributed by atoms with Crippen molar-refractivity contribution in [1.82, 2.24) is 20.4 Å². The van der Waals surface area contributed by atoms with E-state index in [1.54, 1.807) is 29.8 Å². The number of unbranched alkanes of at least 4 members (excludes halogenated alkanes) is 3. The Labute approximate surface area is 186 Å². The summed E-state index contributed by atoms with van der Waals surface area (Å²) >= 11 is 0. The monoisotopic (exact) mass is 436 g/mol. The van der Waals surface area contributed by atoms with E-state index in [1.807, 2.05) is 13.8 Å². The first kappa shape index (κ1) is 26.7. The van der Waals surface area contributed by atoms with Gasteiger partial charge < -0.3 is 20.4 Å².